The first kappa shape index (κ1) is 39.1. The Hall–Kier alpha value is -4.70. The molecule has 5 amide bonds. The van der Waals surface area contributed by atoms with Gasteiger partial charge in [-0.15, -0.1) is 6.58 Å². The predicted octanol–water partition coefficient (Wildman–Crippen LogP) is 3.43. The van der Waals surface area contributed by atoms with Crippen LogP contribution in [0.25, 0.3) is 17.0 Å². The van der Waals surface area contributed by atoms with Crippen LogP contribution in [-0.4, -0.2) is 115 Å². The molecule has 4 bridgehead atoms. The van der Waals surface area contributed by atoms with Crippen molar-refractivity contribution in [2.75, 3.05) is 33.4 Å². The van der Waals surface area contributed by atoms with Gasteiger partial charge in [-0.25, -0.2) is 18.2 Å². The van der Waals surface area contributed by atoms with Crippen molar-refractivity contribution in [2.24, 2.45) is 11.8 Å². The third-order valence-corrected chi connectivity index (χ3v) is 14.2. The van der Waals surface area contributed by atoms with Crippen molar-refractivity contribution in [1.29, 1.82) is 0 Å². The number of carbonyl (C=O) groups excluding carboxylic acids is 4. The van der Waals surface area contributed by atoms with E-state index in [-0.39, 0.29) is 37.4 Å². The van der Waals surface area contributed by atoms with E-state index in [0.717, 1.165) is 55.9 Å². The van der Waals surface area contributed by atoms with Crippen LogP contribution < -0.4 is 24.8 Å². The third-order valence-electron chi connectivity index (χ3n) is 12.4. The maximum atomic E-state index is 14.9. The molecule has 3 aliphatic carbocycles. The van der Waals surface area contributed by atoms with Crippen molar-refractivity contribution >= 4 is 50.8 Å². The van der Waals surface area contributed by atoms with Gasteiger partial charge < -0.3 is 34.6 Å². The summed E-state index contributed by atoms with van der Waals surface area (Å²) in [4.78, 5) is 64.8. The number of aromatic nitrogens is 1. The molecular formula is C41H52N6O9S. The first-order valence-electron chi connectivity index (χ1n) is 20.3. The molecule has 7 aliphatic rings. The molecule has 306 valence electrons. The smallest absolute Gasteiger partial charge is 0.318 e. The summed E-state index contributed by atoms with van der Waals surface area (Å²) in [5.41, 5.74) is -0.178. The van der Waals surface area contributed by atoms with Gasteiger partial charge in [0, 0.05) is 36.0 Å². The summed E-state index contributed by atoms with van der Waals surface area (Å²) in [6.45, 7) is 5.20. The molecule has 3 N–H and O–H groups in total. The Balaban J connectivity index is 1.13. The van der Waals surface area contributed by atoms with E-state index in [1.165, 1.54) is 11.0 Å². The van der Waals surface area contributed by atoms with Crippen molar-refractivity contribution in [3.8, 4) is 11.6 Å². The molecule has 9 rings (SSSR count). The van der Waals surface area contributed by atoms with Crippen molar-refractivity contribution in [1.82, 2.24) is 30.1 Å². The van der Waals surface area contributed by atoms with E-state index in [4.69, 9.17) is 19.2 Å². The second-order valence-corrected chi connectivity index (χ2v) is 18.3. The number of nitrogens with zero attached hydrogens (tertiary/aromatic N) is 3. The van der Waals surface area contributed by atoms with E-state index in [1.54, 1.807) is 12.0 Å². The van der Waals surface area contributed by atoms with Crippen LogP contribution in [0.1, 0.15) is 76.2 Å². The molecule has 16 heteroatoms. The number of urea groups is 1. The number of hydrogen-bond donors (Lipinski definition) is 3. The number of rotatable bonds is 8. The highest BCUT2D eigenvalue weighted by Crippen LogP contribution is 2.46. The van der Waals surface area contributed by atoms with Crippen LogP contribution in [0, 0.1) is 11.8 Å². The molecular weight excluding hydrogens is 753 g/mol. The number of ether oxygens (including phenoxy) is 3. The molecule has 5 fully saturated rings. The molecule has 4 aliphatic heterocycles. The maximum Gasteiger partial charge on any atom is 0.318 e. The maximum absolute atomic E-state index is 14.9. The van der Waals surface area contributed by atoms with Gasteiger partial charge in [0.1, 0.15) is 29.5 Å². The van der Waals surface area contributed by atoms with Crippen LogP contribution >= 0.6 is 0 Å². The zero-order valence-corrected chi connectivity index (χ0v) is 33.1. The minimum Gasteiger partial charge on any atom is -0.497 e. The molecule has 57 heavy (non-hydrogen) atoms. The topological polar surface area (TPSA) is 186 Å². The first-order chi connectivity index (χ1) is 27.5. The van der Waals surface area contributed by atoms with Crippen LogP contribution in [-0.2, 0) is 29.1 Å². The van der Waals surface area contributed by atoms with Crippen LogP contribution in [0.5, 0.6) is 11.6 Å². The van der Waals surface area contributed by atoms with Crippen molar-refractivity contribution < 1.29 is 41.8 Å². The molecule has 15 nitrogen and oxygen atoms in total. The van der Waals surface area contributed by atoms with E-state index < -0.39 is 62.6 Å². The van der Waals surface area contributed by atoms with Gasteiger partial charge in [0.15, 0.2) is 0 Å². The van der Waals surface area contributed by atoms with Crippen LogP contribution in [0.2, 0.25) is 0 Å². The molecule has 0 radical (unpaired) electrons. The van der Waals surface area contributed by atoms with Crippen LogP contribution in [0.4, 0.5) is 4.79 Å². The van der Waals surface area contributed by atoms with Gasteiger partial charge in [0.2, 0.25) is 27.7 Å². The van der Waals surface area contributed by atoms with Gasteiger partial charge in [0.25, 0.3) is 5.91 Å². The average molecular weight is 805 g/mol. The highest BCUT2D eigenvalue weighted by Gasteiger charge is 2.62. The third kappa shape index (κ3) is 8.20. The molecule has 2 saturated heterocycles. The van der Waals surface area contributed by atoms with Gasteiger partial charge in [-0.05, 0) is 69.1 Å². The molecule has 1 aromatic carbocycles. The number of benzene rings is 1. The van der Waals surface area contributed by atoms with Gasteiger partial charge >= 0.3 is 6.03 Å². The Morgan fingerprint density at radius 3 is 2.56 bits per heavy atom. The van der Waals surface area contributed by atoms with Gasteiger partial charge in [-0.1, -0.05) is 37.5 Å². The number of fused-ring (bicyclic) bond motifs is 8. The number of methoxy groups -OCH3 is 1. The summed E-state index contributed by atoms with van der Waals surface area (Å²) >= 11 is 0. The molecule has 2 aromatic rings. The summed E-state index contributed by atoms with van der Waals surface area (Å²) in [7, 11) is -2.32. The van der Waals surface area contributed by atoms with Crippen LogP contribution in [0.3, 0.4) is 0 Å². The SMILES string of the molecule is C=C[C@@H]1C[C@]1(NC(=O)[C@@H]1C[C@@H]2CN1C(=O)[C@H](C1CCCCC1)NC(=O)N1CC(C1)OCCCC=Cc1cc3ccc(OC)cc3nc1O2)C(=O)NS(=O)(=O)C1CC1. The second-order valence-electron chi connectivity index (χ2n) is 16.4. The zero-order valence-electron chi connectivity index (χ0n) is 32.3. The summed E-state index contributed by atoms with van der Waals surface area (Å²) in [5, 5.41) is 6.16. The monoisotopic (exact) mass is 804 g/mol. The molecule has 3 saturated carbocycles. The predicted molar refractivity (Wildman–Crippen MR) is 211 cm³/mol. The number of sulfonamides is 1. The largest absolute Gasteiger partial charge is 0.497 e. The van der Waals surface area contributed by atoms with E-state index in [1.807, 2.05) is 36.4 Å². The van der Waals surface area contributed by atoms with Crippen molar-refractivity contribution in [3.05, 3.63) is 48.6 Å². The zero-order chi connectivity index (χ0) is 39.9. The minimum atomic E-state index is -3.90. The number of amides is 5. The lowest BCUT2D eigenvalue weighted by atomic mass is 9.83. The Morgan fingerprint density at radius 2 is 1.84 bits per heavy atom. The number of pyridine rings is 1. The van der Waals surface area contributed by atoms with Gasteiger partial charge in [-0.2, -0.15) is 0 Å². The Kier molecular flexibility index (Phi) is 10.9. The lowest BCUT2D eigenvalue weighted by Crippen LogP contribution is -2.63. The minimum absolute atomic E-state index is 0.0107. The second kappa shape index (κ2) is 15.9. The quantitative estimate of drug-likeness (QED) is 0.334. The first-order valence-corrected chi connectivity index (χ1v) is 21.8. The fourth-order valence-corrected chi connectivity index (χ4v) is 10.0. The van der Waals surface area contributed by atoms with Crippen molar-refractivity contribution in [3.63, 3.8) is 0 Å². The van der Waals surface area contributed by atoms with Crippen LogP contribution in [0.15, 0.2) is 43.0 Å². The summed E-state index contributed by atoms with van der Waals surface area (Å²) < 4.78 is 46.0. The summed E-state index contributed by atoms with van der Waals surface area (Å²) in [6.07, 6.45) is 11.7. The normalized spacial score (nSPS) is 29.7. The molecule has 0 unspecified atom stereocenters. The fraction of sp³-hybridized carbons (Fsp3) is 0.585. The lowest BCUT2D eigenvalue weighted by Gasteiger charge is -2.41. The van der Waals surface area contributed by atoms with Gasteiger partial charge in [-0.3, -0.25) is 19.1 Å². The van der Waals surface area contributed by atoms with E-state index in [2.05, 4.69) is 21.9 Å². The number of nitrogens with one attached hydrogen (secondary N) is 3. The highest BCUT2D eigenvalue weighted by molar-refractivity contribution is 7.91. The summed E-state index contributed by atoms with van der Waals surface area (Å²) in [6, 6.07) is 5.22. The summed E-state index contributed by atoms with van der Waals surface area (Å²) in [5.74, 6) is -1.55. The molecule has 5 atom stereocenters. The molecule has 5 heterocycles. The highest BCUT2D eigenvalue weighted by atomic mass is 32.2. The molecule has 0 spiro atoms. The van der Waals surface area contributed by atoms with E-state index in [0.29, 0.717) is 49.7 Å². The number of carbonyl (C=O) groups is 4. The molecule has 1 aromatic heterocycles. The van der Waals surface area contributed by atoms with Crippen molar-refractivity contribution in [2.45, 2.75) is 106 Å². The lowest BCUT2D eigenvalue weighted by molar-refractivity contribution is -0.142. The number of allylic oxidation sites excluding steroid dienone is 1. The average Bonchev–Trinajstić information content (AvgIpc) is 4.12. The Labute approximate surface area is 333 Å². The van der Waals surface area contributed by atoms with Gasteiger partial charge in [0.05, 0.1) is 43.6 Å². The Morgan fingerprint density at radius 1 is 1.05 bits per heavy atom. The Bertz CT molecular complexity index is 2060. The van der Waals surface area contributed by atoms with E-state index >= 15 is 0 Å². The van der Waals surface area contributed by atoms with E-state index in [9.17, 15) is 27.6 Å². The fourth-order valence-electron chi connectivity index (χ4n) is 8.66. The standard InChI is InChI=1S/C41H52N6O9S/c1-3-28-21-41(28,39(50)45-57(52,53)32-15-16-32)44-36(48)34-20-30-24-47(34)38(49)35(25-10-6-4-7-11-25)43-40(51)46-22-31(23-46)55-17-9-5-8-12-27-18-26-13-14-29(54-2)19-33(26)42-37(27)56-30/h3,8,12-14,18-19,25,28,30-32,34-35H,1,4-7,9-11,15-17,20-24H2,2H3,(H,43,51)(H,44,48)(H,45,50)/t28-,30-,34+,35+,41-/m1/s1. The number of hydrogen-bond acceptors (Lipinski definition) is 10.